The van der Waals surface area contributed by atoms with Gasteiger partial charge in [-0.05, 0) is 43.0 Å². The average molecular weight is 339 g/mol. The molecule has 0 aromatic heterocycles. The molecule has 25 heavy (non-hydrogen) atoms. The Labute approximate surface area is 146 Å². The fraction of sp³-hybridized carbons (Fsp3) is 0.300. The lowest BCUT2D eigenvalue weighted by atomic mass is 10.00. The molecule has 0 radical (unpaired) electrons. The van der Waals surface area contributed by atoms with Gasteiger partial charge < -0.3 is 15.1 Å². The Balaban J connectivity index is 1.74. The van der Waals surface area contributed by atoms with Crippen molar-refractivity contribution in [3.05, 3.63) is 71.3 Å². The largest absolute Gasteiger partial charge is 0.478 e. The second-order valence-electron chi connectivity index (χ2n) is 6.34. The molecule has 1 fully saturated rings. The molecule has 2 N–H and O–H groups in total. The van der Waals surface area contributed by atoms with Crippen molar-refractivity contribution in [3.63, 3.8) is 0 Å². The maximum absolute atomic E-state index is 12.8. The van der Waals surface area contributed by atoms with Crippen molar-refractivity contribution in [1.29, 1.82) is 0 Å². The predicted octanol–water partition coefficient (Wildman–Crippen LogP) is 3.11. The van der Waals surface area contributed by atoms with E-state index in [9.17, 15) is 14.7 Å². The number of hydrogen-bond acceptors (Lipinski definition) is 3. The molecule has 130 valence electrons. The minimum absolute atomic E-state index is 0.0452. The number of carbonyl (C=O) groups excluding carboxylic acids is 1. The second kappa shape index (κ2) is 7.49. The minimum Gasteiger partial charge on any atom is -0.478 e. The molecule has 5 nitrogen and oxygen atoms in total. The van der Waals surface area contributed by atoms with E-state index in [1.807, 2.05) is 30.3 Å². The first kappa shape index (κ1) is 17.2. The normalized spacial score (nSPS) is 18.1. The van der Waals surface area contributed by atoms with Crippen LogP contribution in [0.25, 0.3) is 0 Å². The van der Waals surface area contributed by atoms with E-state index in [0.717, 1.165) is 18.4 Å². The van der Waals surface area contributed by atoms with Crippen molar-refractivity contribution in [3.8, 4) is 0 Å². The average Bonchev–Trinajstić information content (AvgIpc) is 3.10. The lowest BCUT2D eigenvalue weighted by Crippen LogP contribution is -2.36. The smallest absolute Gasteiger partial charge is 0.335 e. The number of aliphatic hydroxyl groups excluding tert-OH is 1. The SMILES string of the molecule is O=C(O)c1cccc(C(=O)N2CCC[C@H]2C[C@@H](O)c2ccccc2)c1. The maximum atomic E-state index is 12.8. The van der Waals surface area contributed by atoms with E-state index in [-0.39, 0.29) is 17.5 Å². The Kier molecular flexibility index (Phi) is 5.14. The van der Waals surface area contributed by atoms with E-state index in [0.29, 0.717) is 18.5 Å². The van der Waals surface area contributed by atoms with Crippen LogP contribution in [0.1, 0.15) is 51.6 Å². The molecule has 0 bridgehead atoms. The van der Waals surface area contributed by atoms with Gasteiger partial charge in [0.05, 0.1) is 11.7 Å². The lowest BCUT2D eigenvalue weighted by molar-refractivity contribution is 0.0667. The van der Waals surface area contributed by atoms with Gasteiger partial charge in [-0.2, -0.15) is 0 Å². The van der Waals surface area contributed by atoms with E-state index in [1.54, 1.807) is 17.0 Å². The van der Waals surface area contributed by atoms with Crippen molar-refractivity contribution in [2.45, 2.75) is 31.4 Å². The first-order valence-corrected chi connectivity index (χ1v) is 8.43. The third kappa shape index (κ3) is 3.88. The maximum Gasteiger partial charge on any atom is 0.335 e. The molecule has 0 aliphatic carbocycles. The Morgan fingerprint density at radius 3 is 2.52 bits per heavy atom. The number of aromatic carboxylic acids is 1. The number of carboxylic acids is 1. The first-order valence-electron chi connectivity index (χ1n) is 8.43. The van der Waals surface area contributed by atoms with Crippen LogP contribution in [0.15, 0.2) is 54.6 Å². The van der Waals surface area contributed by atoms with E-state index in [2.05, 4.69) is 0 Å². The van der Waals surface area contributed by atoms with E-state index < -0.39 is 12.1 Å². The van der Waals surface area contributed by atoms with Gasteiger partial charge in [-0.3, -0.25) is 4.79 Å². The van der Waals surface area contributed by atoms with Crippen LogP contribution in [0.4, 0.5) is 0 Å². The van der Waals surface area contributed by atoms with E-state index >= 15 is 0 Å². The summed E-state index contributed by atoms with van der Waals surface area (Å²) in [6, 6.07) is 15.5. The number of hydrogen-bond donors (Lipinski definition) is 2. The molecule has 5 heteroatoms. The van der Waals surface area contributed by atoms with Gasteiger partial charge in [0, 0.05) is 18.2 Å². The van der Waals surface area contributed by atoms with Gasteiger partial charge in [-0.25, -0.2) is 4.79 Å². The molecule has 1 heterocycles. The van der Waals surface area contributed by atoms with Gasteiger partial charge in [0.1, 0.15) is 0 Å². The van der Waals surface area contributed by atoms with Crippen LogP contribution >= 0.6 is 0 Å². The number of benzene rings is 2. The zero-order valence-electron chi connectivity index (χ0n) is 13.8. The molecule has 2 aromatic carbocycles. The quantitative estimate of drug-likeness (QED) is 0.877. The highest BCUT2D eigenvalue weighted by atomic mass is 16.4. The Morgan fingerprint density at radius 2 is 1.80 bits per heavy atom. The molecule has 3 rings (SSSR count). The third-order valence-corrected chi connectivity index (χ3v) is 4.67. The number of amides is 1. The second-order valence-corrected chi connectivity index (χ2v) is 6.34. The standard InChI is InChI=1S/C20H21NO4/c22-18(14-6-2-1-3-7-14)13-17-10-5-11-21(17)19(23)15-8-4-9-16(12-15)20(24)25/h1-4,6-9,12,17-18,22H,5,10-11,13H2,(H,24,25)/t17-,18+/m0/s1. The molecular weight excluding hydrogens is 318 g/mol. The van der Waals surface area contributed by atoms with Gasteiger partial charge in [-0.15, -0.1) is 0 Å². The van der Waals surface area contributed by atoms with Crippen LogP contribution in [0.3, 0.4) is 0 Å². The Bertz CT molecular complexity index is 759. The number of likely N-dealkylation sites (tertiary alicyclic amines) is 1. The highest BCUT2D eigenvalue weighted by molar-refractivity contribution is 5.97. The van der Waals surface area contributed by atoms with E-state index in [4.69, 9.17) is 5.11 Å². The van der Waals surface area contributed by atoms with Crippen LogP contribution in [-0.4, -0.2) is 39.6 Å². The van der Waals surface area contributed by atoms with Gasteiger partial charge >= 0.3 is 5.97 Å². The number of carboxylic acid groups (broad SMARTS) is 1. The summed E-state index contributed by atoms with van der Waals surface area (Å²) < 4.78 is 0. The van der Waals surface area contributed by atoms with Gasteiger partial charge in [0.2, 0.25) is 0 Å². The fourth-order valence-electron chi connectivity index (χ4n) is 3.37. The van der Waals surface area contributed by atoms with Crippen molar-refractivity contribution in [1.82, 2.24) is 4.90 Å². The van der Waals surface area contributed by atoms with Crippen LogP contribution in [0.2, 0.25) is 0 Å². The molecule has 1 aliphatic rings. The number of rotatable bonds is 5. The molecular formula is C20H21NO4. The summed E-state index contributed by atoms with van der Waals surface area (Å²) in [5, 5.41) is 19.5. The summed E-state index contributed by atoms with van der Waals surface area (Å²) in [4.78, 5) is 25.7. The molecule has 0 unspecified atom stereocenters. The lowest BCUT2D eigenvalue weighted by Gasteiger charge is -2.27. The summed E-state index contributed by atoms with van der Waals surface area (Å²) in [6.07, 6.45) is 1.59. The van der Waals surface area contributed by atoms with E-state index in [1.165, 1.54) is 12.1 Å². The van der Waals surface area contributed by atoms with Crippen molar-refractivity contribution >= 4 is 11.9 Å². The molecule has 0 spiro atoms. The van der Waals surface area contributed by atoms with Crippen LogP contribution in [0, 0.1) is 0 Å². The predicted molar refractivity (Wildman–Crippen MR) is 93.5 cm³/mol. The zero-order valence-corrected chi connectivity index (χ0v) is 13.8. The summed E-state index contributed by atoms with van der Waals surface area (Å²) >= 11 is 0. The Morgan fingerprint density at radius 1 is 1.08 bits per heavy atom. The molecule has 0 saturated carbocycles. The van der Waals surface area contributed by atoms with Crippen LogP contribution < -0.4 is 0 Å². The summed E-state index contributed by atoms with van der Waals surface area (Å²) in [5.74, 6) is -1.22. The zero-order chi connectivity index (χ0) is 17.8. The van der Waals surface area contributed by atoms with Gasteiger partial charge in [0.25, 0.3) is 5.91 Å². The Hall–Kier alpha value is -2.66. The van der Waals surface area contributed by atoms with Gasteiger partial charge in [0.15, 0.2) is 0 Å². The minimum atomic E-state index is -1.05. The summed E-state index contributed by atoms with van der Waals surface area (Å²) in [6.45, 7) is 0.627. The highest BCUT2D eigenvalue weighted by Crippen LogP contribution is 2.28. The number of carbonyl (C=O) groups is 2. The van der Waals surface area contributed by atoms with Crippen LogP contribution in [0.5, 0.6) is 0 Å². The fourth-order valence-corrected chi connectivity index (χ4v) is 3.37. The van der Waals surface area contributed by atoms with Crippen molar-refractivity contribution < 1.29 is 19.8 Å². The van der Waals surface area contributed by atoms with Crippen molar-refractivity contribution in [2.24, 2.45) is 0 Å². The summed E-state index contributed by atoms with van der Waals surface area (Å²) in [5.41, 5.74) is 1.32. The van der Waals surface area contributed by atoms with Gasteiger partial charge in [-0.1, -0.05) is 36.4 Å². The summed E-state index contributed by atoms with van der Waals surface area (Å²) in [7, 11) is 0. The number of nitrogens with zero attached hydrogens (tertiary/aromatic N) is 1. The number of aliphatic hydroxyl groups is 1. The molecule has 1 saturated heterocycles. The third-order valence-electron chi connectivity index (χ3n) is 4.67. The first-order chi connectivity index (χ1) is 12.1. The molecule has 1 amide bonds. The molecule has 2 aromatic rings. The molecule has 2 atom stereocenters. The monoisotopic (exact) mass is 339 g/mol. The van der Waals surface area contributed by atoms with Crippen LogP contribution in [-0.2, 0) is 0 Å². The van der Waals surface area contributed by atoms with Crippen molar-refractivity contribution in [2.75, 3.05) is 6.54 Å². The topological polar surface area (TPSA) is 77.8 Å². The molecule has 1 aliphatic heterocycles. The highest BCUT2D eigenvalue weighted by Gasteiger charge is 2.31.